The normalized spacial score (nSPS) is 20.3. The molecule has 1 aliphatic carbocycles. The topological polar surface area (TPSA) is 0 Å². The largest absolute Gasteiger partial charge is 0.127 e. The summed E-state index contributed by atoms with van der Waals surface area (Å²) in [6, 6.07) is 0. The van der Waals surface area contributed by atoms with E-state index in [1.807, 2.05) is 0 Å². The minimum Gasteiger partial charge on any atom is -0.127 e. The highest BCUT2D eigenvalue weighted by molar-refractivity contribution is 6.17. The van der Waals surface area contributed by atoms with Crippen LogP contribution >= 0.6 is 11.6 Å². The van der Waals surface area contributed by atoms with Crippen molar-refractivity contribution in [3.05, 3.63) is 43.3 Å². The van der Waals surface area contributed by atoms with Gasteiger partial charge in [0.2, 0.25) is 0 Å². The molecule has 0 aliphatic heterocycles. The highest BCUT2D eigenvalue weighted by Gasteiger charge is 2.17. The lowest BCUT2D eigenvalue weighted by Crippen LogP contribution is -1.93. The van der Waals surface area contributed by atoms with Crippen LogP contribution in [0.15, 0.2) is 11.6 Å². The third-order valence-electron chi connectivity index (χ3n) is 1.91. The number of allylic oxidation sites excluding steroid dienone is 2. The molecule has 5 radical (unpaired) electrons. The van der Waals surface area contributed by atoms with Crippen molar-refractivity contribution in [2.75, 3.05) is 5.88 Å². The molecule has 0 amide bonds. The Morgan fingerprint density at radius 2 is 2.08 bits per heavy atom. The van der Waals surface area contributed by atoms with Crippen LogP contribution in [-0.2, 0) is 0 Å². The first-order valence-corrected chi connectivity index (χ1v) is 4.83. The summed E-state index contributed by atoms with van der Waals surface area (Å²) >= 11 is 5.58. The summed E-state index contributed by atoms with van der Waals surface area (Å²) in [5.41, 5.74) is 1.35. The zero-order valence-electron chi connectivity index (χ0n) is 7.39. The lowest BCUT2D eigenvalue weighted by molar-refractivity contribution is 0.952. The van der Waals surface area contributed by atoms with Crippen LogP contribution in [0.2, 0.25) is 0 Å². The second kappa shape index (κ2) is 5.64. The smallest absolute Gasteiger partial charge is 0.0226 e. The molecular weight excluding hydrogens is 168 g/mol. The third kappa shape index (κ3) is 3.18. The van der Waals surface area contributed by atoms with E-state index in [4.69, 9.17) is 11.6 Å². The van der Waals surface area contributed by atoms with Gasteiger partial charge in [-0.3, -0.25) is 0 Å². The maximum absolute atomic E-state index is 5.58. The predicted molar refractivity (Wildman–Crippen MR) is 54.2 cm³/mol. The number of unbranched alkanes of at least 4 members (excludes halogenated alkanes) is 1. The van der Waals surface area contributed by atoms with Gasteiger partial charge in [-0.15, -0.1) is 11.6 Å². The fraction of sp³-hybridized carbons (Fsp3) is 0.364. The lowest BCUT2D eigenvalue weighted by atomic mass is 9.98. The molecule has 0 atom stereocenters. The molecule has 0 N–H and O–H groups in total. The Hall–Kier alpha value is 0.0300. The second-order valence-corrected chi connectivity index (χ2v) is 3.27. The Balaban J connectivity index is 2.24. The molecule has 0 spiro atoms. The minimum atomic E-state index is 0.755. The van der Waals surface area contributed by atoms with Gasteiger partial charge in [0, 0.05) is 11.8 Å². The number of rotatable bonds is 4. The van der Waals surface area contributed by atoms with Crippen LogP contribution in [0.1, 0.15) is 19.8 Å². The highest BCUT2D eigenvalue weighted by Crippen LogP contribution is 2.29. The van der Waals surface area contributed by atoms with Crippen molar-refractivity contribution in [1.29, 1.82) is 0 Å². The first-order chi connectivity index (χ1) is 5.84. The third-order valence-corrected chi connectivity index (χ3v) is 2.17. The molecular formula is C11H14Cl. The van der Waals surface area contributed by atoms with E-state index >= 15 is 0 Å². The van der Waals surface area contributed by atoms with Gasteiger partial charge in [-0.25, -0.2) is 0 Å². The molecule has 0 unspecified atom stereocenters. The fourth-order valence-corrected chi connectivity index (χ4v) is 1.30. The van der Waals surface area contributed by atoms with Gasteiger partial charge in [-0.1, -0.05) is 11.6 Å². The van der Waals surface area contributed by atoms with E-state index in [1.165, 1.54) is 11.5 Å². The Morgan fingerprint density at radius 1 is 1.42 bits per heavy atom. The first-order valence-electron chi connectivity index (χ1n) is 4.29. The van der Waals surface area contributed by atoms with E-state index in [9.17, 15) is 0 Å². The first kappa shape index (κ1) is 10.1. The van der Waals surface area contributed by atoms with Crippen LogP contribution in [0.3, 0.4) is 0 Å². The van der Waals surface area contributed by atoms with Crippen LogP contribution in [0.4, 0.5) is 0 Å². The Bertz CT molecular complexity index is 143. The molecule has 1 rings (SSSR count). The molecule has 0 aromatic heterocycles. The molecule has 1 fully saturated rings. The summed E-state index contributed by atoms with van der Waals surface area (Å²) < 4.78 is 0. The molecule has 1 saturated carbocycles. The highest BCUT2D eigenvalue weighted by atomic mass is 35.5. The molecule has 1 aliphatic rings. The van der Waals surface area contributed by atoms with Gasteiger partial charge < -0.3 is 0 Å². The van der Waals surface area contributed by atoms with E-state index in [-0.39, 0.29) is 0 Å². The maximum atomic E-state index is 5.58. The van der Waals surface area contributed by atoms with Gasteiger partial charge in [-0.05, 0) is 45.4 Å². The zero-order chi connectivity index (χ0) is 8.81. The molecule has 65 valence electrons. The van der Waals surface area contributed by atoms with E-state index in [0.29, 0.717) is 0 Å². The number of hydrogen-bond donors (Lipinski definition) is 0. The molecule has 1 heteroatoms. The van der Waals surface area contributed by atoms with Crippen LogP contribution in [0.25, 0.3) is 0 Å². The van der Waals surface area contributed by atoms with Gasteiger partial charge >= 0.3 is 0 Å². The molecule has 0 bridgehead atoms. The quantitative estimate of drug-likeness (QED) is 0.461. The molecule has 0 nitrogen and oxygen atoms in total. The summed E-state index contributed by atoms with van der Waals surface area (Å²) in [4.78, 5) is 0. The van der Waals surface area contributed by atoms with Crippen molar-refractivity contribution < 1.29 is 0 Å². The molecule has 0 saturated heterocycles. The van der Waals surface area contributed by atoms with Crippen molar-refractivity contribution in [1.82, 2.24) is 0 Å². The maximum Gasteiger partial charge on any atom is 0.0226 e. The van der Waals surface area contributed by atoms with Crippen molar-refractivity contribution in [3.63, 3.8) is 0 Å². The van der Waals surface area contributed by atoms with Gasteiger partial charge in [0.15, 0.2) is 0 Å². The van der Waals surface area contributed by atoms with Crippen LogP contribution in [0, 0.1) is 31.6 Å². The summed E-state index contributed by atoms with van der Waals surface area (Å²) in [5, 5.41) is 0. The number of halogens is 1. The summed E-state index contributed by atoms with van der Waals surface area (Å²) in [6.45, 7) is 2.14. The van der Waals surface area contributed by atoms with Crippen molar-refractivity contribution in [2.24, 2.45) is 0 Å². The zero-order valence-corrected chi connectivity index (χ0v) is 8.14. The second-order valence-electron chi connectivity index (χ2n) is 2.89. The van der Waals surface area contributed by atoms with Crippen LogP contribution in [0.5, 0.6) is 0 Å². The molecule has 12 heavy (non-hydrogen) atoms. The van der Waals surface area contributed by atoms with E-state index in [2.05, 4.69) is 38.7 Å². The predicted octanol–water partition coefficient (Wildman–Crippen LogP) is 3.36. The molecule has 0 heterocycles. The molecule has 0 aromatic rings. The van der Waals surface area contributed by atoms with Crippen molar-refractivity contribution in [2.45, 2.75) is 19.8 Å². The standard InChI is InChI=1S/C11H14Cl/c1-10(6-4-5-9-12)11-7-2-3-8-11/h2-3,6-8H,4-5,9H2,1H3/b10-6+. The van der Waals surface area contributed by atoms with Gasteiger partial charge in [-0.2, -0.15) is 0 Å². The van der Waals surface area contributed by atoms with Gasteiger partial charge in [0.25, 0.3) is 0 Å². The Morgan fingerprint density at radius 3 is 2.67 bits per heavy atom. The van der Waals surface area contributed by atoms with E-state index in [1.54, 1.807) is 0 Å². The average Bonchev–Trinajstić information content (AvgIpc) is 2.56. The fourth-order valence-electron chi connectivity index (χ4n) is 1.15. The van der Waals surface area contributed by atoms with Gasteiger partial charge in [0.05, 0.1) is 0 Å². The Labute approximate surface area is 81.0 Å². The lowest BCUT2D eigenvalue weighted by Gasteiger charge is -2.07. The summed E-state index contributed by atoms with van der Waals surface area (Å²) in [6.07, 6.45) is 12.8. The Kier molecular flexibility index (Phi) is 4.75. The minimum absolute atomic E-state index is 0.755. The van der Waals surface area contributed by atoms with E-state index < -0.39 is 0 Å². The van der Waals surface area contributed by atoms with Crippen LogP contribution < -0.4 is 0 Å². The van der Waals surface area contributed by atoms with E-state index in [0.717, 1.165) is 18.7 Å². The summed E-state index contributed by atoms with van der Waals surface area (Å²) in [5.74, 6) is 2.08. The number of alkyl halides is 1. The SMILES string of the molecule is C/C(=C\CCCCl)[C]1[CH][CH][CH][CH]1. The summed E-state index contributed by atoms with van der Waals surface area (Å²) in [7, 11) is 0. The number of hydrogen-bond acceptors (Lipinski definition) is 0. The van der Waals surface area contributed by atoms with Crippen molar-refractivity contribution >= 4 is 11.6 Å². The van der Waals surface area contributed by atoms with Gasteiger partial charge in [0.1, 0.15) is 0 Å². The molecule has 0 aromatic carbocycles. The van der Waals surface area contributed by atoms with Crippen LogP contribution in [-0.4, -0.2) is 5.88 Å². The average molecular weight is 182 g/mol. The monoisotopic (exact) mass is 181 g/mol. The van der Waals surface area contributed by atoms with Crippen molar-refractivity contribution in [3.8, 4) is 0 Å².